The molecule has 0 aliphatic rings. The standard InChI is InChI=1S/C8H15NO3/c1-6(9)7(10)4-2-3-5-8(11)12/h6H,2-5,9H2,1H3,(H,11,12). The van der Waals surface area contributed by atoms with Gasteiger partial charge in [-0.1, -0.05) is 0 Å². The van der Waals surface area contributed by atoms with E-state index < -0.39 is 12.0 Å². The fourth-order valence-corrected chi connectivity index (χ4v) is 0.803. The largest absolute Gasteiger partial charge is 0.481 e. The van der Waals surface area contributed by atoms with Gasteiger partial charge in [0.1, 0.15) is 5.78 Å². The van der Waals surface area contributed by atoms with E-state index in [4.69, 9.17) is 10.8 Å². The second-order valence-electron chi connectivity index (χ2n) is 2.86. The minimum absolute atomic E-state index is 0.000360. The van der Waals surface area contributed by atoms with E-state index in [9.17, 15) is 9.59 Å². The molecule has 0 heterocycles. The van der Waals surface area contributed by atoms with Crippen LogP contribution >= 0.6 is 0 Å². The van der Waals surface area contributed by atoms with Gasteiger partial charge in [0, 0.05) is 12.8 Å². The third-order valence-electron chi connectivity index (χ3n) is 1.57. The molecule has 4 heteroatoms. The quantitative estimate of drug-likeness (QED) is 0.575. The third kappa shape index (κ3) is 5.85. The Labute approximate surface area is 71.8 Å². The average Bonchev–Trinajstić information content (AvgIpc) is 1.97. The summed E-state index contributed by atoms with van der Waals surface area (Å²) < 4.78 is 0. The van der Waals surface area contributed by atoms with Crippen LogP contribution in [0.2, 0.25) is 0 Å². The number of carboxylic acids is 1. The number of unbranched alkanes of at least 4 members (excludes halogenated alkanes) is 1. The van der Waals surface area contributed by atoms with Crippen molar-refractivity contribution in [3.8, 4) is 0 Å². The molecule has 3 N–H and O–H groups in total. The Morgan fingerprint density at radius 1 is 1.33 bits per heavy atom. The first kappa shape index (κ1) is 11.1. The lowest BCUT2D eigenvalue weighted by Crippen LogP contribution is -2.26. The van der Waals surface area contributed by atoms with Crippen LogP contribution in [0.5, 0.6) is 0 Å². The molecule has 0 saturated carbocycles. The van der Waals surface area contributed by atoms with E-state index in [1.54, 1.807) is 6.92 Å². The van der Waals surface area contributed by atoms with Crippen LogP contribution < -0.4 is 5.73 Å². The summed E-state index contributed by atoms with van der Waals surface area (Å²) in [5.41, 5.74) is 5.31. The molecule has 4 nitrogen and oxygen atoms in total. The first-order valence-corrected chi connectivity index (χ1v) is 4.04. The van der Waals surface area contributed by atoms with Crippen molar-refractivity contribution >= 4 is 11.8 Å². The highest BCUT2D eigenvalue weighted by Crippen LogP contribution is 2.01. The molecule has 0 amide bonds. The number of Topliss-reactive ketones (excluding diaryl/α,β-unsaturated/α-hetero) is 1. The molecule has 0 bridgehead atoms. The van der Waals surface area contributed by atoms with Gasteiger partial charge in [-0.05, 0) is 19.8 Å². The lowest BCUT2D eigenvalue weighted by atomic mass is 10.1. The molecule has 12 heavy (non-hydrogen) atoms. The molecule has 0 aromatic carbocycles. The maximum Gasteiger partial charge on any atom is 0.303 e. The zero-order valence-corrected chi connectivity index (χ0v) is 7.25. The predicted octanol–water partition coefficient (Wildman–Crippen LogP) is 0.548. The Hall–Kier alpha value is -0.900. The Morgan fingerprint density at radius 2 is 1.83 bits per heavy atom. The van der Waals surface area contributed by atoms with Crippen LogP contribution in [0.25, 0.3) is 0 Å². The Kier molecular flexibility index (Phi) is 5.28. The van der Waals surface area contributed by atoms with Crippen molar-refractivity contribution in [2.75, 3.05) is 0 Å². The number of carbonyl (C=O) groups excluding carboxylic acids is 1. The molecule has 0 fully saturated rings. The molecule has 0 aliphatic carbocycles. The summed E-state index contributed by atoms with van der Waals surface area (Å²) >= 11 is 0. The highest BCUT2D eigenvalue weighted by molar-refractivity contribution is 5.83. The van der Waals surface area contributed by atoms with Crippen LogP contribution in [0.15, 0.2) is 0 Å². The minimum atomic E-state index is -0.816. The second kappa shape index (κ2) is 5.71. The molecule has 0 aromatic rings. The number of rotatable bonds is 6. The molecule has 70 valence electrons. The molecule has 0 radical (unpaired) electrons. The van der Waals surface area contributed by atoms with Crippen LogP contribution in [-0.4, -0.2) is 22.9 Å². The number of hydrogen-bond acceptors (Lipinski definition) is 3. The molecular formula is C8H15NO3. The number of hydrogen-bond donors (Lipinski definition) is 2. The van der Waals surface area contributed by atoms with E-state index >= 15 is 0 Å². The summed E-state index contributed by atoms with van der Waals surface area (Å²) in [4.78, 5) is 21.0. The molecule has 0 aromatic heterocycles. The number of carboxylic acid groups (broad SMARTS) is 1. The van der Waals surface area contributed by atoms with Crippen molar-refractivity contribution in [2.45, 2.75) is 38.6 Å². The molecular weight excluding hydrogens is 158 g/mol. The van der Waals surface area contributed by atoms with Gasteiger partial charge in [-0.15, -0.1) is 0 Å². The number of ketones is 1. The van der Waals surface area contributed by atoms with Crippen LogP contribution in [0, 0.1) is 0 Å². The van der Waals surface area contributed by atoms with Gasteiger partial charge in [0.05, 0.1) is 6.04 Å². The number of nitrogens with two attached hydrogens (primary N) is 1. The van der Waals surface area contributed by atoms with Crippen LogP contribution in [0.4, 0.5) is 0 Å². The third-order valence-corrected chi connectivity index (χ3v) is 1.57. The maximum absolute atomic E-state index is 10.9. The fourth-order valence-electron chi connectivity index (χ4n) is 0.803. The van der Waals surface area contributed by atoms with Crippen molar-refractivity contribution in [3.63, 3.8) is 0 Å². The molecule has 0 rings (SSSR count). The first-order valence-electron chi connectivity index (χ1n) is 4.04. The molecule has 0 aliphatic heterocycles. The van der Waals surface area contributed by atoms with Gasteiger partial charge in [-0.2, -0.15) is 0 Å². The van der Waals surface area contributed by atoms with Crippen molar-refractivity contribution in [1.29, 1.82) is 0 Å². The molecule has 1 unspecified atom stereocenters. The molecule has 0 spiro atoms. The second-order valence-corrected chi connectivity index (χ2v) is 2.86. The van der Waals surface area contributed by atoms with Gasteiger partial charge in [-0.3, -0.25) is 9.59 Å². The maximum atomic E-state index is 10.9. The van der Waals surface area contributed by atoms with Crippen molar-refractivity contribution < 1.29 is 14.7 Å². The zero-order chi connectivity index (χ0) is 9.56. The SMILES string of the molecule is CC(N)C(=O)CCCCC(=O)O. The topological polar surface area (TPSA) is 80.4 Å². The van der Waals surface area contributed by atoms with Crippen LogP contribution in [0.1, 0.15) is 32.6 Å². The van der Waals surface area contributed by atoms with Gasteiger partial charge in [0.2, 0.25) is 0 Å². The first-order chi connectivity index (χ1) is 5.54. The summed E-state index contributed by atoms with van der Waals surface area (Å²) in [6.45, 7) is 1.64. The van der Waals surface area contributed by atoms with Gasteiger partial charge in [0.25, 0.3) is 0 Å². The van der Waals surface area contributed by atoms with Crippen molar-refractivity contribution in [1.82, 2.24) is 0 Å². The monoisotopic (exact) mass is 173 g/mol. The Morgan fingerprint density at radius 3 is 2.25 bits per heavy atom. The van der Waals surface area contributed by atoms with Gasteiger partial charge < -0.3 is 10.8 Å². The van der Waals surface area contributed by atoms with E-state index in [0.717, 1.165) is 0 Å². The Balaban J connectivity index is 3.32. The average molecular weight is 173 g/mol. The summed E-state index contributed by atoms with van der Waals surface area (Å²) in [7, 11) is 0. The number of aliphatic carboxylic acids is 1. The van der Waals surface area contributed by atoms with E-state index in [2.05, 4.69) is 0 Å². The van der Waals surface area contributed by atoms with Gasteiger partial charge in [0.15, 0.2) is 0 Å². The summed E-state index contributed by atoms with van der Waals surface area (Å²) in [5.74, 6) is -0.816. The Bertz CT molecular complexity index is 166. The highest BCUT2D eigenvalue weighted by Gasteiger charge is 2.06. The highest BCUT2D eigenvalue weighted by atomic mass is 16.4. The van der Waals surface area contributed by atoms with Gasteiger partial charge >= 0.3 is 5.97 Å². The molecule has 0 saturated heterocycles. The zero-order valence-electron chi connectivity index (χ0n) is 7.25. The van der Waals surface area contributed by atoms with Crippen molar-refractivity contribution in [3.05, 3.63) is 0 Å². The predicted molar refractivity (Wildman–Crippen MR) is 44.8 cm³/mol. The fraction of sp³-hybridized carbons (Fsp3) is 0.750. The summed E-state index contributed by atoms with van der Waals surface area (Å²) in [5, 5.41) is 8.28. The van der Waals surface area contributed by atoms with Crippen molar-refractivity contribution in [2.24, 2.45) is 5.73 Å². The van der Waals surface area contributed by atoms with Crippen LogP contribution in [-0.2, 0) is 9.59 Å². The smallest absolute Gasteiger partial charge is 0.303 e. The normalized spacial score (nSPS) is 12.5. The van der Waals surface area contributed by atoms with Gasteiger partial charge in [-0.25, -0.2) is 0 Å². The lowest BCUT2D eigenvalue weighted by molar-refractivity contribution is -0.137. The van der Waals surface area contributed by atoms with E-state index in [1.165, 1.54) is 0 Å². The summed E-state index contributed by atoms with van der Waals surface area (Å²) in [6, 6.07) is -0.421. The van der Waals surface area contributed by atoms with Crippen LogP contribution in [0.3, 0.4) is 0 Å². The van der Waals surface area contributed by atoms with E-state index in [1.807, 2.05) is 0 Å². The van der Waals surface area contributed by atoms with E-state index in [0.29, 0.717) is 19.3 Å². The number of carbonyl (C=O) groups is 2. The van der Waals surface area contributed by atoms with E-state index in [-0.39, 0.29) is 12.2 Å². The summed E-state index contributed by atoms with van der Waals surface area (Å²) in [6.07, 6.45) is 1.69. The minimum Gasteiger partial charge on any atom is -0.481 e. The molecule has 1 atom stereocenters. The lowest BCUT2D eigenvalue weighted by Gasteiger charge is -2.02.